The topological polar surface area (TPSA) is 99.5 Å². The highest BCUT2D eigenvalue weighted by Gasteiger charge is 2.10. The Bertz CT molecular complexity index is 1040. The SMILES string of the molecule is Cc1cccn2c(=O)cc(Cn3cc([N+](=O)[O-])ccc3=O)nc12. The number of nitrogens with zero attached hydrogens (tertiary/aromatic N) is 4. The van der Waals surface area contributed by atoms with Crippen molar-refractivity contribution >= 4 is 11.3 Å². The largest absolute Gasteiger partial charge is 0.303 e. The lowest BCUT2D eigenvalue weighted by Crippen LogP contribution is -2.22. The van der Waals surface area contributed by atoms with Crippen LogP contribution in [0.4, 0.5) is 5.69 Å². The molecule has 0 unspecified atom stereocenters. The molecule has 0 saturated heterocycles. The number of pyridine rings is 2. The second kappa shape index (κ2) is 5.48. The Morgan fingerprint density at radius 1 is 1.22 bits per heavy atom. The summed E-state index contributed by atoms with van der Waals surface area (Å²) in [5.74, 6) is 0. The molecule has 0 radical (unpaired) electrons. The lowest BCUT2D eigenvalue weighted by molar-refractivity contribution is -0.385. The van der Waals surface area contributed by atoms with E-state index in [9.17, 15) is 19.7 Å². The van der Waals surface area contributed by atoms with Crippen LogP contribution in [-0.4, -0.2) is 18.9 Å². The Morgan fingerprint density at radius 3 is 2.74 bits per heavy atom. The second-order valence-electron chi connectivity index (χ2n) is 5.08. The van der Waals surface area contributed by atoms with Crippen molar-refractivity contribution in [2.75, 3.05) is 0 Å². The molecule has 0 atom stereocenters. The molecule has 0 bridgehead atoms. The van der Waals surface area contributed by atoms with E-state index in [1.807, 2.05) is 13.0 Å². The number of aryl methyl sites for hydroxylation is 1. The zero-order chi connectivity index (χ0) is 16.6. The molecule has 3 aromatic heterocycles. The molecule has 0 aliphatic carbocycles. The van der Waals surface area contributed by atoms with Crippen LogP contribution in [0.2, 0.25) is 0 Å². The predicted octanol–water partition coefficient (Wildman–Crippen LogP) is 1.12. The molecule has 0 aromatic carbocycles. The van der Waals surface area contributed by atoms with E-state index >= 15 is 0 Å². The van der Waals surface area contributed by atoms with Crippen molar-refractivity contribution in [1.82, 2.24) is 14.0 Å². The Morgan fingerprint density at radius 2 is 2.00 bits per heavy atom. The first-order valence-corrected chi connectivity index (χ1v) is 6.78. The van der Waals surface area contributed by atoms with Crippen molar-refractivity contribution < 1.29 is 4.92 Å². The molecule has 0 aliphatic rings. The lowest BCUT2D eigenvalue weighted by atomic mass is 10.3. The van der Waals surface area contributed by atoms with Gasteiger partial charge >= 0.3 is 0 Å². The van der Waals surface area contributed by atoms with Gasteiger partial charge in [0.05, 0.1) is 23.4 Å². The van der Waals surface area contributed by atoms with Crippen LogP contribution in [0.3, 0.4) is 0 Å². The highest BCUT2D eigenvalue weighted by Crippen LogP contribution is 2.09. The molecule has 0 fully saturated rings. The fourth-order valence-electron chi connectivity index (χ4n) is 2.31. The quantitative estimate of drug-likeness (QED) is 0.533. The molecule has 3 aromatic rings. The van der Waals surface area contributed by atoms with Crippen LogP contribution in [0, 0.1) is 17.0 Å². The predicted molar refractivity (Wildman–Crippen MR) is 82.7 cm³/mol. The van der Waals surface area contributed by atoms with Crippen molar-refractivity contribution in [2.24, 2.45) is 0 Å². The number of fused-ring (bicyclic) bond motifs is 1. The summed E-state index contributed by atoms with van der Waals surface area (Å²) in [7, 11) is 0. The van der Waals surface area contributed by atoms with Crippen LogP contribution in [0.15, 0.2) is 52.3 Å². The fourth-order valence-corrected chi connectivity index (χ4v) is 2.31. The highest BCUT2D eigenvalue weighted by atomic mass is 16.6. The first-order valence-electron chi connectivity index (χ1n) is 6.78. The van der Waals surface area contributed by atoms with Gasteiger partial charge in [-0.05, 0) is 18.6 Å². The molecular formula is C15H12N4O4. The maximum atomic E-state index is 12.1. The molecule has 8 nitrogen and oxygen atoms in total. The minimum atomic E-state index is -0.581. The van der Waals surface area contributed by atoms with Gasteiger partial charge in [-0.1, -0.05) is 6.07 Å². The van der Waals surface area contributed by atoms with Crippen LogP contribution in [0.5, 0.6) is 0 Å². The van der Waals surface area contributed by atoms with Crippen LogP contribution in [0.1, 0.15) is 11.3 Å². The number of nitro groups is 1. The number of rotatable bonds is 3. The van der Waals surface area contributed by atoms with E-state index in [-0.39, 0.29) is 17.8 Å². The molecule has 3 heterocycles. The maximum Gasteiger partial charge on any atom is 0.285 e. The fraction of sp³-hybridized carbons (Fsp3) is 0.133. The van der Waals surface area contributed by atoms with Gasteiger partial charge in [0.1, 0.15) is 5.65 Å². The van der Waals surface area contributed by atoms with Crippen LogP contribution in [0.25, 0.3) is 5.65 Å². The van der Waals surface area contributed by atoms with Crippen LogP contribution >= 0.6 is 0 Å². The van der Waals surface area contributed by atoms with Crippen molar-refractivity contribution in [2.45, 2.75) is 13.5 Å². The highest BCUT2D eigenvalue weighted by molar-refractivity contribution is 5.46. The number of aromatic nitrogens is 3. The van der Waals surface area contributed by atoms with Gasteiger partial charge in [-0.2, -0.15) is 0 Å². The normalized spacial score (nSPS) is 10.8. The molecule has 8 heteroatoms. The van der Waals surface area contributed by atoms with E-state index in [0.717, 1.165) is 28.5 Å². The average molecular weight is 312 g/mol. The van der Waals surface area contributed by atoms with Gasteiger partial charge < -0.3 is 4.57 Å². The molecule has 0 N–H and O–H groups in total. The van der Waals surface area contributed by atoms with Crippen molar-refractivity contribution in [1.29, 1.82) is 0 Å². The summed E-state index contributed by atoms with van der Waals surface area (Å²) in [6.45, 7) is 1.81. The first-order chi connectivity index (χ1) is 11.0. The Kier molecular flexibility index (Phi) is 3.49. The van der Waals surface area contributed by atoms with Gasteiger partial charge in [0.15, 0.2) is 0 Å². The van der Waals surface area contributed by atoms with Gasteiger partial charge in [-0.15, -0.1) is 0 Å². The van der Waals surface area contributed by atoms with Gasteiger partial charge in [0, 0.05) is 24.4 Å². The summed E-state index contributed by atoms with van der Waals surface area (Å²) in [5.41, 5.74) is 0.811. The van der Waals surface area contributed by atoms with Crippen molar-refractivity contribution in [3.05, 3.63) is 84.8 Å². The number of hydrogen-bond donors (Lipinski definition) is 0. The van der Waals surface area contributed by atoms with E-state index in [0.29, 0.717) is 11.3 Å². The van der Waals surface area contributed by atoms with Gasteiger partial charge in [0.2, 0.25) is 0 Å². The summed E-state index contributed by atoms with van der Waals surface area (Å²) in [6.07, 6.45) is 2.75. The van der Waals surface area contributed by atoms with Gasteiger partial charge in [0.25, 0.3) is 16.8 Å². The molecule has 0 saturated carbocycles. The summed E-state index contributed by atoms with van der Waals surface area (Å²) < 4.78 is 2.57. The smallest absolute Gasteiger partial charge is 0.285 e. The third-order valence-electron chi connectivity index (χ3n) is 3.45. The van der Waals surface area contributed by atoms with E-state index in [1.165, 1.54) is 10.5 Å². The maximum absolute atomic E-state index is 12.1. The van der Waals surface area contributed by atoms with Gasteiger partial charge in [-0.3, -0.25) is 24.1 Å². The summed E-state index contributed by atoms with van der Waals surface area (Å²) in [4.78, 5) is 38.6. The molecule has 0 amide bonds. The summed E-state index contributed by atoms with van der Waals surface area (Å²) >= 11 is 0. The molecular weight excluding hydrogens is 300 g/mol. The van der Waals surface area contributed by atoms with Crippen molar-refractivity contribution in [3.8, 4) is 0 Å². The van der Waals surface area contributed by atoms with Crippen molar-refractivity contribution in [3.63, 3.8) is 0 Å². The third-order valence-corrected chi connectivity index (χ3v) is 3.45. The summed E-state index contributed by atoms with van der Waals surface area (Å²) in [5, 5.41) is 10.8. The minimum absolute atomic E-state index is 0.0133. The standard InChI is InChI=1S/C15H12N4O4/c1-10-3-2-6-18-14(21)7-11(16-15(10)18)8-17-9-12(19(22)23)4-5-13(17)20/h2-7,9H,8H2,1H3. The molecule has 3 rings (SSSR count). The zero-order valence-corrected chi connectivity index (χ0v) is 12.2. The van der Waals surface area contributed by atoms with E-state index in [4.69, 9.17) is 0 Å². The van der Waals surface area contributed by atoms with E-state index in [2.05, 4.69) is 4.98 Å². The lowest BCUT2D eigenvalue weighted by Gasteiger charge is -2.08. The van der Waals surface area contributed by atoms with Crippen LogP contribution in [-0.2, 0) is 6.54 Å². The Hall–Kier alpha value is -3.29. The third kappa shape index (κ3) is 2.73. The molecule has 23 heavy (non-hydrogen) atoms. The Labute approximate surface area is 129 Å². The summed E-state index contributed by atoms with van der Waals surface area (Å²) in [6, 6.07) is 7.15. The zero-order valence-electron chi connectivity index (χ0n) is 12.2. The number of hydrogen-bond acceptors (Lipinski definition) is 5. The van der Waals surface area contributed by atoms with E-state index < -0.39 is 10.5 Å². The second-order valence-corrected chi connectivity index (χ2v) is 5.08. The van der Waals surface area contributed by atoms with Gasteiger partial charge in [-0.25, -0.2) is 4.98 Å². The molecule has 0 spiro atoms. The molecule has 0 aliphatic heterocycles. The monoisotopic (exact) mass is 312 g/mol. The Balaban J connectivity index is 2.11. The van der Waals surface area contributed by atoms with Crippen LogP contribution < -0.4 is 11.1 Å². The first kappa shape index (κ1) is 14.6. The average Bonchev–Trinajstić information content (AvgIpc) is 2.50. The molecule has 116 valence electrons. The van der Waals surface area contributed by atoms with E-state index in [1.54, 1.807) is 12.3 Å². The minimum Gasteiger partial charge on any atom is -0.303 e.